The number of aromatic nitrogens is 3. The van der Waals surface area contributed by atoms with E-state index in [4.69, 9.17) is 4.98 Å². The molecule has 0 saturated carbocycles. The molecule has 0 aromatic carbocycles. The summed E-state index contributed by atoms with van der Waals surface area (Å²) in [4.78, 5) is 4.76. The fraction of sp³-hybridized carbons (Fsp3) is 0.471. The van der Waals surface area contributed by atoms with Gasteiger partial charge in [-0.05, 0) is 61.5 Å². The molecular weight excluding hydrogens is 292 g/mol. The highest BCUT2D eigenvalue weighted by Crippen LogP contribution is 2.27. The second-order valence-electron chi connectivity index (χ2n) is 5.74. The van der Waals surface area contributed by atoms with Crippen molar-refractivity contribution in [1.29, 1.82) is 5.26 Å². The first-order valence-corrected chi connectivity index (χ1v) is 8.78. The van der Waals surface area contributed by atoms with Crippen molar-refractivity contribution in [1.82, 2.24) is 14.8 Å². The standard InChI is InChI=1S/C17H20N4S/c1-21-12-13(11-19-21)5-4-8-22-17-15(10-18)9-14-6-2-3-7-16(14)20-17/h9,11-12H,2-8H2,1H3. The fourth-order valence-electron chi connectivity index (χ4n) is 2.85. The van der Waals surface area contributed by atoms with E-state index in [1.165, 1.54) is 29.7 Å². The quantitative estimate of drug-likeness (QED) is 0.628. The first kappa shape index (κ1) is 15.1. The van der Waals surface area contributed by atoms with Gasteiger partial charge in [0.2, 0.25) is 0 Å². The van der Waals surface area contributed by atoms with E-state index in [1.54, 1.807) is 11.8 Å². The van der Waals surface area contributed by atoms with Crippen molar-refractivity contribution in [2.24, 2.45) is 7.05 Å². The van der Waals surface area contributed by atoms with Gasteiger partial charge in [0.05, 0.1) is 11.8 Å². The Morgan fingerprint density at radius 1 is 1.36 bits per heavy atom. The summed E-state index contributed by atoms with van der Waals surface area (Å²) in [6.07, 6.45) is 10.6. The number of hydrogen-bond donors (Lipinski definition) is 0. The second-order valence-corrected chi connectivity index (χ2v) is 6.82. The molecular formula is C17H20N4S. The molecule has 5 heteroatoms. The maximum Gasteiger partial charge on any atom is 0.114 e. The predicted molar refractivity (Wildman–Crippen MR) is 87.8 cm³/mol. The summed E-state index contributed by atoms with van der Waals surface area (Å²) in [5.74, 6) is 0.982. The number of hydrogen-bond acceptors (Lipinski definition) is 4. The Balaban J connectivity index is 1.61. The Morgan fingerprint density at radius 2 is 2.23 bits per heavy atom. The minimum absolute atomic E-state index is 0.743. The van der Waals surface area contributed by atoms with E-state index in [0.717, 1.165) is 42.0 Å². The third kappa shape index (κ3) is 3.50. The number of aryl methyl sites for hydroxylation is 4. The van der Waals surface area contributed by atoms with Crippen molar-refractivity contribution in [2.45, 2.75) is 43.6 Å². The van der Waals surface area contributed by atoms with Crippen molar-refractivity contribution in [2.75, 3.05) is 5.75 Å². The highest BCUT2D eigenvalue weighted by atomic mass is 32.2. The minimum Gasteiger partial charge on any atom is -0.276 e. The van der Waals surface area contributed by atoms with Gasteiger partial charge in [0.1, 0.15) is 11.1 Å². The van der Waals surface area contributed by atoms with Crippen LogP contribution in [0.5, 0.6) is 0 Å². The van der Waals surface area contributed by atoms with Gasteiger partial charge in [0, 0.05) is 18.9 Å². The van der Waals surface area contributed by atoms with Gasteiger partial charge in [-0.1, -0.05) is 0 Å². The topological polar surface area (TPSA) is 54.5 Å². The van der Waals surface area contributed by atoms with Crippen LogP contribution in [0.2, 0.25) is 0 Å². The number of nitriles is 1. The lowest BCUT2D eigenvalue weighted by Gasteiger charge is -2.16. The van der Waals surface area contributed by atoms with Crippen molar-refractivity contribution in [3.05, 3.63) is 40.8 Å². The molecule has 0 fully saturated rings. The molecule has 0 N–H and O–H groups in total. The molecule has 0 atom stereocenters. The van der Waals surface area contributed by atoms with Crippen LogP contribution in [0.25, 0.3) is 0 Å². The van der Waals surface area contributed by atoms with E-state index >= 15 is 0 Å². The summed E-state index contributed by atoms with van der Waals surface area (Å²) in [5.41, 5.74) is 4.50. The molecule has 0 amide bonds. The lowest BCUT2D eigenvalue weighted by atomic mass is 9.95. The van der Waals surface area contributed by atoms with Crippen LogP contribution < -0.4 is 0 Å². The number of fused-ring (bicyclic) bond motifs is 1. The van der Waals surface area contributed by atoms with Crippen LogP contribution in [-0.2, 0) is 26.3 Å². The second kappa shape index (κ2) is 6.97. The van der Waals surface area contributed by atoms with Crippen LogP contribution in [0, 0.1) is 11.3 Å². The van der Waals surface area contributed by atoms with Crippen LogP contribution in [0.3, 0.4) is 0 Å². The fourth-order valence-corrected chi connectivity index (χ4v) is 3.77. The van der Waals surface area contributed by atoms with Crippen LogP contribution >= 0.6 is 11.8 Å². The van der Waals surface area contributed by atoms with E-state index < -0.39 is 0 Å². The SMILES string of the molecule is Cn1cc(CCCSc2nc3c(cc2C#N)CCCC3)cn1. The Morgan fingerprint density at radius 3 is 3.00 bits per heavy atom. The van der Waals surface area contributed by atoms with Crippen LogP contribution in [0.15, 0.2) is 23.5 Å². The van der Waals surface area contributed by atoms with Gasteiger partial charge in [0.25, 0.3) is 0 Å². The molecule has 1 aliphatic rings. The molecule has 0 bridgehead atoms. The summed E-state index contributed by atoms with van der Waals surface area (Å²) in [6, 6.07) is 4.37. The first-order valence-electron chi connectivity index (χ1n) is 7.79. The van der Waals surface area contributed by atoms with Gasteiger partial charge in [-0.15, -0.1) is 11.8 Å². The number of rotatable bonds is 5. The van der Waals surface area contributed by atoms with Crippen LogP contribution in [0.4, 0.5) is 0 Å². The lowest BCUT2D eigenvalue weighted by molar-refractivity contribution is 0.660. The van der Waals surface area contributed by atoms with E-state index in [0.29, 0.717) is 0 Å². The molecule has 1 aliphatic carbocycles. The van der Waals surface area contributed by atoms with Crippen molar-refractivity contribution >= 4 is 11.8 Å². The number of pyridine rings is 1. The summed E-state index contributed by atoms with van der Waals surface area (Å²) in [6.45, 7) is 0. The zero-order valence-electron chi connectivity index (χ0n) is 12.9. The zero-order chi connectivity index (χ0) is 15.4. The normalized spacial score (nSPS) is 13.6. The average Bonchev–Trinajstić information content (AvgIpc) is 2.96. The Kier molecular flexibility index (Phi) is 4.79. The average molecular weight is 312 g/mol. The van der Waals surface area contributed by atoms with Crippen molar-refractivity contribution in [3.63, 3.8) is 0 Å². The molecule has 2 aromatic heterocycles. The summed E-state index contributed by atoms with van der Waals surface area (Å²) < 4.78 is 1.83. The number of thioether (sulfide) groups is 1. The lowest BCUT2D eigenvalue weighted by Crippen LogP contribution is -2.07. The molecule has 22 heavy (non-hydrogen) atoms. The molecule has 0 radical (unpaired) electrons. The zero-order valence-corrected chi connectivity index (χ0v) is 13.7. The van der Waals surface area contributed by atoms with E-state index in [9.17, 15) is 5.26 Å². The summed E-state index contributed by atoms with van der Waals surface area (Å²) in [7, 11) is 1.94. The highest BCUT2D eigenvalue weighted by Gasteiger charge is 2.15. The van der Waals surface area contributed by atoms with E-state index in [-0.39, 0.29) is 0 Å². The Hall–Kier alpha value is -1.80. The molecule has 0 aliphatic heterocycles. The minimum atomic E-state index is 0.743. The smallest absolute Gasteiger partial charge is 0.114 e. The van der Waals surface area contributed by atoms with Gasteiger partial charge < -0.3 is 0 Å². The third-order valence-electron chi connectivity index (χ3n) is 3.99. The van der Waals surface area contributed by atoms with Gasteiger partial charge in [-0.2, -0.15) is 10.4 Å². The molecule has 2 heterocycles. The molecule has 4 nitrogen and oxygen atoms in total. The Bertz CT molecular complexity index is 699. The van der Waals surface area contributed by atoms with Crippen molar-refractivity contribution < 1.29 is 0 Å². The summed E-state index contributed by atoms with van der Waals surface area (Å²) >= 11 is 1.71. The van der Waals surface area contributed by atoms with Gasteiger partial charge >= 0.3 is 0 Å². The molecule has 3 rings (SSSR count). The molecule has 114 valence electrons. The number of nitrogens with zero attached hydrogens (tertiary/aromatic N) is 4. The summed E-state index contributed by atoms with van der Waals surface area (Å²) in [5, 5.41) is 14.4. The highest BCUT2D eigenvalue weighted by molar-refractivity contribution is 7.99. The maximum absolute atomic E-state index is 9.34. The molecule has 0 spiro atoms. The molecule has 0 unspecified atom stereocenters. The molecule has 2 aromatic rings. The van der Waals surface area contributed by atoms with Crippen LogP contribution in [-0.4, -0.2) is 20.5 Å². The van der Waals surface area contributed by atoms with Crippen molar-refractivity contribution in [3.8, 4) is 6.07 Å². The van der Waals surface area contributed by atoms with Crippen LogP contribution in [0.1, 0.15) is 41.6 Å². The van der Waals surface area contributed by atoms with E-state index in [1.807, 2.05) is 17.9 Å². The van der Waals surface area contributed by atoms with E-state index in [2.05, 4.69) is 23.4 Å². The predicted octanol–water partition coefficient (Wildman–Crippen LogP) is 3.29. The molecule has 0 saturated heterocycles. The third-order valence-corrected chi connectivity index (χ3v) is 5.07. The van der Waals surface area contributed by atoms with Gasteiger partial charge in [-0.3, -0.25) is 4.68 Å². The largest absolute Gasteiger partial charge is 0.276 e. The first-order chi connectivity index (χ1) is 10.8. The van der Waals surface area contributed by atoms with Gasteiger partial charge in [0.15, 0.2) is 0 Å². The Labute approximate surface area is 135 Å². The maximum atomic E-state index is 9.34. The monoisotopic (exact) mass is 312 g/mol. The van der Waals surface area contributed by atoms with Gasteiger partial charge in [-0.25, -0.2) is 4.98 Å².